The van der Waals surface area contributed by atoms with Gasteiger partial charge in [0, 0.05) is 11.1 Å². The van der Waals surface area contributed by atoms with E-state index in [9.17, 15) is 0 Å². The molecule has 0 N–H and O–H groups in total. The van der Waals surface area contributed by atoms with Crippen LogP contribution in [-0.2, 0) is 0 Å². The van der Waals surface area contributed by atoms with Crippen LogP contribution in [0, 0.1) is 34.6 Å². The SMILES string of the molecule is Cc1c(C)c(C)c(N(c2ccccc2)c2cccc3ccccc23)c(C)c1C. The number of nitrogens with zero attached hydrogens (tertiary/aromatic N) is 1. The van der Waals surface area contributed by atoms with E-state index >= 15 is 0 Å². The van der Waals surface area contributed by atoms with Crippen LogP contribution in [0.4, 0.5) is 17.1 Å². The molecule has 0 bridgehead atoms. The van der Waals surface area contributed by atoms with E-state index in [2.05, 4.69) is 112 Å². The molecule has 0 fully saturated rings. The van der Waals surface area contributed by atoms with Crippen LogP contribution in [0.15, 0.2) is 72.8 Å². The minimum Gasteiger partial charge on any atom is -0.309 e. The van der Waals surface area contributed by atoms with Gasteiger partial charge in [-0.2, -0.15) is 0 Å². The third-order valence-electron chi connectivity index (χ3n) is 6.21. The lowest BCUT2D eigenvalue weighted by Crippen LogP contribution is -2.15. The Labute approximate surface area is 168 Å². The Bertz CT molecular complexity index is 1120. The summed E-state index contributed by atoms with van der Waals surface area (Å²) in [4.78, 5) is 2.44. The molecule has 0 aliphatic heterocycles. The van der Waals surface area contributed by atoms with Crippen LogP contribution in [-0.4, -0.2) is 0 Å². The minimum absolute atomic E-state index is 1.19. The number of rotatable bonds is 3. The van der Waals surface area contributed by atoms with Crippen molar-refractivity contribution >= 4 is 27.8 Å². The van der Waals surface area contributed by atoms with Gasteiger partial charge in [0.1, 0.15) is 0 Å². The molecule has 0 amide bonds. The lowest BCUT2D eigenvalue weighted by atomic mass is 9.91. The molecule has 28 heavy (non-hydrogen) atoms. The predicted molar refractivity (Wildman–Crippen MR) is 122 cm³/mol. The molecule has 0 aromatic heterocycles. The van der Waals surface area contributed by atoms with Gasteiger partial charge in [0.25, 0.3) is 0 Å². The fraction of sp³-hybridized carbons (Fsp3) is 0.185. The van der Waals surface area contributed by atoms with Gasteiger partial charge >= 0.3 is 0 Å². The third kappa shape index (κ3) is 2.88. The van der Waals surface area contributed by atoms with Crippen LogP contribution in [0.3, 0.4) is 0 Å². The van der Waals surface area contributed by atoms with Gasteiger partial charge in [-0.15, -0.1) is 0 Å². The predicted octanol–water partition coefficient (Wildman–Crippen LogP) is 7.85. The highest BCUT2D eigenvalue weighted by Crippen LogP contribution is 2.44. The zero-order valence-corrected chi connectivity index (χ0v) is 17.4. The van der Waals surface area contributed by atoms with Crippen molar-refractivity contribution in [1.29, 1.82) is 0 Å². The quantitative estimate of drug-likeness (QED) is 0.357. The second kappa shape index (κ2) is 7.16. The molecule has 0 saturated carbocycles. The van der Waals surface area contributed by atoms with Crippen LogP contribution in [0.25, 0.3) is 10.8 Å². The minimum atomic E-state index is 1.19. The molecule has 1 nitrogen and oxygen atoms in total. The first kappa shape index (κ1) is 18.3. The second-order valence-electron chi connectivity index (χ2n) is 7.64. The molecule has 0 unspecified atom stereocenters. The average Bonchev–Trinajstić information content (AvgIpc) is 2.74. The molecular formula is C27H27N. The first-order valence-electron chi connectivity index (χ1n) is 9.90. The number of fused-ring (bicyclic) bond motifs is 1. The highest BCUT2D eigenvalue weighted by molar-refractivity contribution is 5.99. The smallest absolute Gasteiger partial charge is 0.0540 e. The van der Waals surface area contributed by atoms with Crippen molar-refractivity contribution < 1.29 is 0 Å². The van der Waals surface area contributed by atoms with Crippen LogP contribution in [0.5, 0.6) is 0 Å². The first-order valence-corrected chi connectivity index (χ1v) is 9.90. The summed E-state index contributed by atoms with van der Waals surface area (Å²) in [6.07, 6.45) is 0. The number of hydrogen-bond donors (Lipinski definition) is 0. The molecule has 1 heteroatoms. The standard InChI is InChI=1S/C27H27N/c1-18-19(2)21(4)27(22(5)20(18)3)28(24-14-7-6-8-15-24)26-17-11-13-23-12-9-10-16-25(23)26/h6-17H,1-5H3. The van der Waals surface area contributed by atoms with Gasteiger partial charge in [0.15, 0.2) is 0 Å². The van der Waals surface area contributed by atoms with Crippen LogP contribution >= 0.6 is 0 Å². The third-order valence-corrected chi connectivity index (χ3v) is 6.21. The van der Waals surface area contributed by atoms with Crippen molar-refractivity contribution in [3.05, 3.63) is 101 Å². The maximum atomic E-state index is 2.44. The van der Waals surface area contributed by atoms with Gasteiger partial charge in [-0.25, -0.2) is 0 Å². The summed E-state index contributed by atoms with van der Waals surface area (Å²) in [7, 11) is 0. The Hall–Kier alpha value is -3.06. The van der Waals surface area contributed by atoms with Gasteiger partial charge in [0.2, 0.25) is 0 Å². The monoisotopic (exact) mass is 365 g/mol. The Kier molecular flexibility index (Phi) is 4.68. The van der Waals surface area contributed by atoms with Crippen molar-refractivity contribution in [2.45, 2.75) is 34.6 Å². The molecular weight excluding hydrogens is 338 g/mol. The second-order valence-corrected chi connectivity index (χ2v) is 7.64. The summed E-state index contributed by atoms with van der Waals surface area (Å²) in [5, 5.41) is 2.53. The molecule has 0 spiro atoms. The Morgan fingerprint density at radius 1 is 0.500 bits per heavy atom. The molecule has 0 aliphatic rings. The van der Waals surface area contributed by atoms with E-state index in [0.717, 1.165) is 0 Å². The summed E-state index contributed by atoms with van der Waals surface area (Å²) in [6, 6.07) is 25.9. The summed E-state index contributed by atoms with van der Waals surface area (Å²) in [6.45, 7) is 11.2. The van der Waals surface area contributed by atoms with Crippen molar-refractivity contribution in [1.82, 2.24) is 0 Å². The zero-order valence-electron chi connectivity index (χ0n) is 17.4. The molecule has 0 atom stereocenters. The van der Waals surface area contributed by atoms with Crippen molar-refractivity contribution in [3.63, 3.8) is 0 Å². The van der Waals surface area contributed by atoms with E-state index in [1.54, 1.807) is 0 Å². The van der Waals surface area contributed by atoms with Gasteiger partial charge in [-0.3, -0.25) is 0 Å². The molecule has 140 valence electrons. The molecule has 0 aliphatic carbocycles. The summed E-state index contributed by atoms with van der Waals surface area (Å²) in [5.74, 6) is 0. The van der Waals surface area contributed by atoms with Crippen LogP contribution in [0.2, 0.25) is 0 Å². The summed E-state index contributed by atoms with van der Waals surface area (Å²) >= 11 is 0. The molecule has 4 aromatic rings. The Balaban J connectivity index is 2.11. The van der Waals surface area contributed by atoms with E-state index in [0.29, 0.717) is 0 Å². The average molecular weight is 366 g/mol. The van der Waals surface area contributed by atoms with Crippen LogP contribution in [0.1, 0.15) is 27.8 Å². The fourth-order valence-corrected chi connectivity index (χ4v) is 4.18. The number of hydrogen-bond acceptors (Lipinski definition) is 1. The Morgan fingerprint density at radius 2 is 1.04 bits per heavy atom. The molecule has 4 rings (SSSR count). The maximum absolute atomic E-state index is 2.44. The van der Waals surface area contributed by atoms with Crippen molar-refractivity contribution in [2.24, 2.45) is 0 Å². The summed E-state index contributed by atoms with van der Waals surface area (Å²) in [5.41, 5.74) is 10.5. The molecule has 0 saturated heterocycles. The van der Waals surface area contributed by atoms with E-state index < -0.39 is 0 Å². The number of para-hydroxylation sites is 1. The topological polar surface area (TPSA) is 3.24 Å². The van der Waals surface area contributed by atoms with E-state index in [1.165, 1.54) is 55.7 Å². The van der Waals surface area contributed by atoms with E-state index in [1.807, 2.05) is 0 Å². The van der Waals surface area contributed by atoms with E-state index in [-0.39, 0.29) is 0 Å². The van der Waals surface area contributed by atoms with Crippen LogP contribution < -0.4 is 4.90 Å². The van der Waals surface area contributed by atoms with Gasteiger partial charge in [0.05, 0.1) is 11.4 Å². The van der Waals surface area contributed by atoms with Gasteiger partial charge in [-0.1, -0.05) is 54.6 Å². The van der Waals surface area contributed by atoms with Crippen molar-refractivity contribution in [3.8, 4) is 0 Å². The highest BCUT2D eigenvalue weighted by atomic mass is 15.1. The maximum Gasteiger partial charge on any atom is 0.0540 e. The summed E-state index contributed by atoms with van der Waals surface area (Å²) < 4.78 is 0. The van der Waals surface area contributed by atoms with Crippen molar-refractivity contribution in [2.75, 3.05) is 4.90 Å². The van der Waals surface area contributed by atoms with Gasteiger partial charge in [-0.05, 0) is 86.0 Å². The lowest BCUT2D eigenvalue weighted by Gasteiger charge is -2.32. The fourth-order valence-electron chi connectivity index (χ4n) is 4.18. The van der Waals surface area contributed by atoms with Gasteiger partial charge < -0.3 is 4.90 Å². The molecule has 0 heterocycles. The van der Waals surface area contributed by atoms with E-state index in [4.69, 9.17) is 0 Å². The highest BCUT2D eigenvalue weighted by Gasteiger charge is 2.21. The normalized spacial score (nSPS) is 11.0. The first-order chi connectivity index (χ1) is 13.5. The largest absolute Gasteiger partial charge is 0.309 e. The lowest BCUT2D eigenvalue weighted by molar-refractivity contribution is 1.13. The number of benzene rings is 4. The molecule has 0 radical (unpaired) electrons. The Morgan fingerprint density at radius 3 is 1.71 bits per heavy atom. The zero-order chi connectivity index (χ0) is 19.8. The molecule has 4 aromatic carbocycles. The number of anilines is 3.